The highest BCUT2D eigenvalue weighted by molar-refractivity contribution is 5.78. The predicted molar refractivity (Wildman–Crippen MR) is 83.6 cm³/mol. The fourth-order valence-corrected chi connectivity index (χ4v) is 4.23. The van der Waals surface area contributed by atoms with Crippen LogP contribution in [0.3, 0.4) is 0 Å². The van der Waals surface area contributed by atoms with Gasteiger partial charge in [0.25, 0.3) is 0 Å². The zero-order valence-corrected chi connectivity index (χ0v) is 13.5. The van der Waals surface area contributed by atoms with Crippen LogP contribution in [0.1, 0.15) is 65.7 Å². The van der Waals surface area contributed by atoms with Crippen molar-refractivity contribution in [2.75, 3.05) is 13.1 Å². The molecule has 0 spiro atoms. The molecule has 20 heavy (non-hydrogen) atoms. The van der Waals surface area contributed by atoms with E-state index < -0.39 is 0 Å². The Bertz CT molecular complexity index is 321. The molecule has 1 amide bonds. The second-order valence-electron chi connectivity index (χ2n) is 7.60. The number of rotatable bonds is 5. The van der Waals surface area contributed by atoms with Crippen molar-refractivity contribution in [2.45, 2.75) is 71.8 Å². The van der Waals surface area contributed by atoms with Gasteiger partial charge in [0.05, 0.1) is 0 Å². The number of hydrogen-bond acceptors (Lipinski definition) is 2. The number of carbonyl (C=O) groups excluding carboxylic acids is 1. The second-order valence-corrected chi connectivity index (χ2v) is 7.60. The lowest BCUT2D eigenvalue weighted by Gasteiger charge is -2.33. The summed E-state index contributed by atoms with van der Waals surface area (Å²) >= 11 is 0. The minimum atomic E-state index is 0.226. The maximum atomic E-state index is 12.4. The molecule has 2 atom stereocenters. The summed E-state index contributed by atoms with van der Waals surface area (Å²) in [6.07, 6.45) is 8.52. The Morgan fingerprint density at radius 1 is 1.35 bits per heavy atom. The zero-order chi connectivity index (χ0) is 14.6. The van der Waals surface area contributed by atoms with Crippen LogP contribution in [0.4, 0.5) is 0 Å². The van der Waals surface area contributed by atoms with Gasteiger partial charge in [-0.15, -0.1) is 0 Å². The predicted octanol–water partition coefficient (Wildman–Crippen LogP) is 3.10. The number of carbonyl (C=O) groups is 1. The molecule has 1 aliphatic carbocycles. The maximum Gasteiger partial charge on any atom is 0.223 e. The largest absolute Gasteiger partial charge is 0.355 e. The van der Waals surface area contributed by atoms with Gasteiger partial charge >= 0.3 is 0 Å². The molecule has 1 heterocycles. The van der Waals surface area contributed by atoms with E-state index in [0.717, 1.165) is 31.8 Å². The van der Waals surface area contributed by atoms with Crippen LogP contribution in [-0.4, -0.2) is 25.0 Å². The summed E-state index contributed by atoms with van der Waals surface area (Å²) in [5.74, 6) is 1.25. The first-order valence-corrected chi connectivity index (χ1v) is 8.52. The SMILES string of the molecule is CC(C)CC1(CNC(=O)C2CCNC(C)C2)CCCC1. The van der Waals surface area contributed by atoms with E-state index in [-0.39, 0.29) is 5.92 Å². The lowest BCUT2D eigenvalue weighted by Crippen LogP contribution is -2.45. The molecular weight excluding hydrogens is 248 g/mol. The molecule has 0 aromatic carbocycles. The first kappa shape index (κ1) is 15.8. The van der Waals surface area contributed by atoms with Gasteiger partial charge < -0.3 is 10.6 Å². The summed E-state index contributed by atoms with van der Waals surface area (Å²) in [5.41, 5.74) is 0.391. The molecule has 2 unspecified atom stereocenters. The van der Waals surface area contributed by atoms with Crippen molar-refractivity contribution in [3.05, 3.63) is 0 Å². The first-order chi connectivity index (χ1) is 9.51. The monoisotopic (exact) mass is 280 g/mol. The van der Waals surface area contributed by atoms with Crippen LogP contribution in [-0.2, 0) is 4.79 Å². The molecule has 1 saturated carbocycles. The molecular formula is C17H32N2O. The molecule has 0 aromatic heterocycles. The lowest BCUT2D eigenvalue weighted by molar-refractivity contribution is -0.126. The van der Waals surface area contributed by atoms with E-state index in [1.807, 2.05) is 0 Å². The van der Waals surface area contributed by atoms with Crippen LogP contribution in [0, 0.1) is 17.3 Å². The first-order valence-electron chi connectivity index (χ1n) is 8.52. The third kappa shape index (κ3) is 4.21. The fraction of sp³-hybridized carbons (Fsp3) is 0.941. The van der Waals surface area contributed by atoms with E-state index >= 15 is 0 Å². The third-order valence-corrected chi connectivity index (χ3v) is 5.14. The number of hydrogen-bond donors (Lipinski definition) is 2. The molecule has 2 aliphatic rings. The van der Waals surface area contributed by atoms with Crippen molar-refractivity contribution in [3.63, 3.8) is 0 Å². The molecule has 2 N–H and O–H groups in total. The van der Waals surface area contributed by atoms with Gasteiger partial charge in [-0.3, -0.25) is 4.79 Å². The average molecular weight is 280 g/mol. The van der Waals surface area contributed by atoms with Gasteiger partial charge in [-0.2, -0.15) is 0 Å². The number of piperidine rings is 1. The Hall–Kier alpha value is -0.570. The normalized spacial score (nSPS) is 29.6. The number of nitrogens with one attached hydrogen (secondary N) is 2. The van der Waals surface area contributed by atoms with E-state index in [1.165, 1.54) is 32.1 Å². The molecule has 3 nitrogen and oxygen atoms in total. The van der Waals surface area contributed by atoms with Gasteiger partial charge in [0.1, 0.15) is 0 Å². The maximum absolute atomic E-state index is 12.4. The summed E-state index contributed by atoms with van der Waals surface area (Å²) < 4.78 is 0. The van der Waals surface area contributed by atoms with Crippen LogP contribution >= 0.6 is 0 Å². The van der Waals surface area contributed by atoms with Crippen molar-refractivity contribution in [1.82, 2.24) is 10.6 Å². The second kappa shape index (κ2) is 6.93. The average Bonchev–Trinajstić information content (AvgIpc) is 2.84. The van der Waals surface area contributed by atoms with Crippen molar-refractivity contribution < 1.29 is 4.79 Å². The van der Waals surface area contributed by atoms with E-state index in [1.54, 1.807) is 0 Å². The summed E-state index contributed by atoms with van der Waals surface area (Å²) in [6.45, 7) is 8.67. The summed E-state index contributed by atoms with van der Waals surface area (Å²) in [6, 6.07) is 0.482. The Kier molecular flexibility index (Phi) is 5.48. The molecule has 2 rings (SSSR count). The Morgan fingerprint density at radius 3 is 2.65 bits per heavy atom. The van der Waals surface area contributed by atoms with Gasteiger partial charge in [-0.05, 0) is 56.9 Å². The van der Waals surface area contributed by atoms with Crippen LogP contribution < -0.4 is 10.6 Å². The van der Waals surface area contributed by atoms with Crippen LogP contribution in [0.5, 0.6) is 0 Å². The van der Waals surface area contributed by atoms with Gasteiger partial charge in [-0.1, -0.05) is 26.7 Å². The van der Waals surface area contributed by atoms with Crippen LogP contribution in [0.2, 0.25) is 0 Å². The van der Waals surface area contributed by atoms with E-state index in [4.69, 9.17) is 0 Å². The van der Waals surface area contributed by atoms with Crippen molar-refractivity contribution in [2.24, 2.45) is 17.3 Å². The van der Waals surface area contributed by atoms with Crippen molar-refractivity contribution in [1.29, 1.82) is 0 Å². The molecule has 3 heteroatoms. The Morgan fingerprint density at radius 2 is 2.05 bits per heavy atom. The van der Waals surface area contributed by atoms with Gasteiger partial charge in [0, 0.05) is 18.5 Å². The molecule has 0 bridgehead atoms. The molecule has 1 saturated heterocycles. The Labute approximate surface area is 124 Å². The van der Waals surface area contributed by atoms with Crippen LogP contribution in [0.15, 0.2) is 0 Å². The van der Waals surface area contributed by atoms with E-state index in [9.17, 15) is 4.79 Å². The summed E-state index contributed by atoms with van der Waals surface area (Å²) in [4.78, 5) is 12.4. The fourth-order valence-electron chi connectivity index (χ4n) is 4.23. The van der Waals surface area contributed by atoms with E-state index in [2.05, 4.69) is 31.4 Å². The van der Waals surface area contributed by atoms with Gasteiger partial charge in [-0.25, -0.2) is 0 Å². The van der Waals surface area contributed by atoms with Crippen LogP contribution in [0.25, 0.3) is 0 Å². The highest BCUT2D eigenvalue weighted by Gasteiger charge is 2.35. The number of amides is 1. The quantitative estimate of drug-likeness (QED) is 0.812. The molecule has 2 fully saturated rings. The Balaban J connectivity index is 1.84. The highest BCUT2D eigenvalue weighted by Crippen LogP contribution is 2.42. The topological polar surface area (TPSA) is 41.1 Å². The zero-order valence-electron chi connectivity index (χ0n) is 13.5. The minimum absolute atomic E-state index is 0.226. The lowest BCUT2D eigenvalue weighted by atomic mass is 9.78. The minimum Gasteiger partial charge on any atom is -0.355 e. The molecule has 1 aliphatic heterocycles. The van der Waals surface area contributed by atoms with Gasteiger partial charge in [0.15, 0.2) is 0 Å². The standard InChI is InChI=1S/C17H32N2O/c1-13(2)11-17(7-4-5-8-17)12-19-16(20)15-6-9-18-14(3)10-15/h13-15,18H,4-12H2,1-3H3,(H,19,20). The highest BCUT2D eigenvalue weighted by atomic mass is 16.1. The molecule has 0 aromatic rings. The van der Waals surface area contributed by atoms with Crippen molar-refractivity contribution in [3.8, 4) is 0 Å². The van der Waals surface area contributed by atoms with Gasteiger partial charge in [0.2, 0.25) is 5.91 Å². The van der Waals surface area contributed by atoms with E-state index in [0.29, 0.717) is 17.4 Å². The van der Waals surface area contributed by atoms with Crippen molar-refractivity contribution >= 4 is 5.91 Å². The smallest absolute Gasteiger partial charge is 0.223 e. The summed E-state index contributed by atoms with van der Waals surface area (Å²) in [7, 11) is 0. The molecule has 0 radical (unpaired) electrons. The summed E-state index contributed by atoms with van der Waals surface area (Å²) in [5, 5.41) is 6.71. The third-order valence-electron chi connectivity index (χ3n) is 5.14. The molecule has 116 valence electrons.